The zero-order valence-corrected chi connectivity index (χ0v) is 27.9. The number of rotatable bonds is 32. The summed E-state index contributed by atoms with van der Waals surface area (Å²) in [6, 6.07) is 0. The first kappa shape index (κ1) is 39.9. The predicted molar refractivity (Wildman–Crippen MR) is 184 cm³/mol. The Kier molecular flexibility index (Phi) is 32.5. The number of nitrogens with one attached hydrogen (secondary N) is 6. The van der Waals surface area contributed by atoms with Crippen molar-refractivity contribution in [3.63, 3.8) is 0 Å². The smallest absolute Gasteiger partial charge is 0.0273 e. The molecule has 0 saturated carbocycles. The molecule has 0 fully saturated rings. The van der Waals surface area contributed by atoms with Crippen LogP contribution in [-0.4, -0.2) is 117 Å². The first-order valence-corrected chi connectivity index (χ1v) is 16.8. The van der Waals surface area contributed by atoms with Crippen LogP contribution in [0.3, 0.4) is 0 Å². The van der Waals surface area contributed by atoms with E-state index < -0.39 is 0 Å². The van der Waals surface area contributed by atoms with Crippen molar-refractivity contribution in [3.8, 4) is 0 Å². The van der Waals surface area contributed by atoms with Crippen molar-refractivity contribution >= 4 is 6.21 Å². The molecule has 0 aliphatic carbocycles. The van der Waals surface area contributed by atoms with Crippen molar-refractivity contribution in [1.29, 1.82) is 0 Å². The van der Waals surface area contributed by atoms with E-state index in [-0.39, 0.29) is 0 Å². The zero-order valence-electron chi connectivity index (χ0n) is 27.9. The molecular formula is C33H70N8. The first-order valence-electron chi connectivity index (χ1n) is 16.8. The van der Waals surface area contributed by atoms with E-state index in [1.165, 1.54) is 57.9 Å². The van der Waals surface area contributed by atoms with Gasteiger partial charge in [-0.1, -0.05) is 50.0 Å². The van der Waals surface area contributed by atoms with Crippen LogP contribution in [0.5, 0.6) is 0 Å². The summed E-state index contributed by atoms with van der Waals surface area (Å²) in [7, 11) is 5.90. The molecule has 0 saturated heterocycles. The van der Waals surface area contributed by atoms with Gasteiger partial charge in [0.1, 0.15) is 0 Å². The van der Waals surface area contributed by atoms with E-state index in [9.17, 15) is 0 Å². The Morgan fingerprint density at radius 2 is 1.15 bits per heavy atom. The van der Waals surface area contributed by atoms with Crippen LogP contribution in [0.25, 0.3) is 0 Å². The van der Waals surface area contributed by atoms with Gasteiger partial charge < -0.3 is 41.8 Å². The second kappa shape index (κ2) is 33.4. The summed E-state index contributed by atoms with van der Waals surface area (Å²) >= 11 is 0. The summed E-state index contributed by atoms with van der Waals surface area (Å²) < 4.78 is 0. The quantitative estimate of drug-likeness (QED) is 0.0413. The lowest BCUT2D eigenvalue weighted by molar-refractivity contribution is 0.276. The molecule has 8 heteroatoms. The number of unbranched alkanes of at least 4 members (excludes halogenated alkanes) is 2. The van der Waals surface area contributed by atoms with E-state index in [1.807, 2.05) is 20.3 Å². The molecule has 0 aromatic heterocycles. The van der Waals surface area contributed by atoms with Crippen molar-refractivity contribution in [2.75, 3.05) is 106 Å². The van der Waals surface area contributed by atoms with Crippen molar-refractivity contribution in [3.05, 3.63) is 23.3 Å². The number of nitrogens with zero attached hydrogens (tertiary/aromatic N) is 2. The van der Waals surface area contributed by atoms with Gasteiger partial charge in [0.15, 0.2) is 0 Å². The van der Waals surface area contributed by atoms with Crippen LogP contribution >= 0.6 is 0 Å². The minimum Gasteiger partial charge on any atom is -0.319 e. The molecule has 0 radical (unpaired) electrons. The normalized spacial score (nSPS) is 12.8. The molecule has 0 unspecified atom stereocenters. The third kappa shape index (κ3) is 28.8. The SMILES string of the molecule is CCCC/C=C(\CCNC)CC/C(=C\CCNCCNCC/C=N/C)CCN(CCC)CCNCCNCCNC. The number of allylic oxidation sites excluding steroid dienone is 1. The molecule has 0 rings (SSSR count). The van der Waals surface area contributed by atoms with E-state index in [4.69, 9.17) is 0 Å². The van der Waals surface area contributed by atoms with Gasteiger partial charge in [0.05, 0.1) is 0 Å². The van der Waals surface area contributed by atoms with E-state index in [0.29, 0.717) is 0 Å². The molecule has 0 spiro atoms. The maximum Gasteiger partial charge on any atom is 0.0273 e. The minimum atomic E-state index is 1.00. The topological polar surface area (TPSA) is 87.8 Å². The van der Waals surface area contributed by atoms with Gasteiger partial charge >= 0.3 is 0 Å². The maximum absolute atomic E-state index is 4.03. The summed E-state index contributed by atoms with van der Waals surface area (Å²) in [5, 5.41) is 20.7. The molecule has 0 aliphatic heterocycles. The fraction of sp³-hybridized carbons (Fsp3) is 0.848. The highest BCUT2D eigenvalue weighted by Crippen LogP contribution is 2.19. The fourth-order valence-electron chi connectivity index (χ4n) is 4.71. The Bertz CT molecular complexity index is 620. The highest BCUT2D eigenvalue weighted by Gasteiger charge is 2.08. The van der Waals surface area contributed by atoms with Crippen LogP contribution in [0.2, 0.25) is 0 Å². The average Bonchev–Trinajstić information content (AvgIpc) is 2.98. The lowest BCUT2D eigenvalue weighted by Gasteiger charge is -2.23. The lowest BCUT2D eigenvalue weighted by Crippen LogP contribution is -2.37. The van der Waals surface area contributed by atoms with Crippen molar-refractivity contribution in [2.24, 2.45) is 4.99 Å². The van der Waals surface area contributed by atoms with Crippen molar-refractivity contribution < 1.29 is 0 Å². The average molecular weight is 579 g/mol. The summed E-state index contributed by atoms with van der Waals surface area (Å²) in [6.45, 7) is 18.4. The summed E-state index contributed by atoms with van der Waals surface area (Å²) in [6.07, 6.45) is 18.9. The molecule has 0 amide bonds. The zero-order chi connectivity index (χ0) is 30.1. The minimum absolute atomic E-state index is 1.00. The summed E-state index contributed by atoms with van der Waals surface area (Å²) in [4.78, 5) is 6.69. The highest BCUT2D eigenvalue weighted by atomic mass is 15.1. The predicted octanol–water partition coefficient (Wildman–Crippen LogP) is 3.58. The van der Waals surface area contributed by atoms with Gasteiger partial charge in [-0.15, -0.1) is 0 Å². The van der Waals surface area contributed by atoms with Gasteiger partial charge in [-0.3, -0.25) is 0 Å². The van der Waals surface area contributed by atoms with Gasteiger partial charge in [0.25, 0.3) is 0 Å². The first-order chi connectivity index (χ1) is 20.2. The Balaban J connectivity index is 4.80. The number of hydrogen-bond acceptors (Lipinski definition) is 8. The molecule has 242 valence electrons. The number of likely N-dealkylation sites (N-methyl/N-ethyl adjacent to an activating group) is 1. The molecule has 0 aromatic carbocycles. The third-order valence-corrected chi connectivity index (χ3v) is 7.24. The van der Waals surface area contributed by atoms with Gasteiger partial charge in [-0.05, 0) is 91.3 Å². The lowest BCUT2D eigenvalue weighted by atomic mass is 9.98. The van der Waals surface area contributed by atoms with Crippen LogP contribution in [0, 0.1) is 0 Å². The molecule has 0 bridgehead atoms. The summed E-state index contributed by atoms with van der Waals surface area (Å²) in [5.41, 5.74) is 3.27. The molecule has 0 aromatic rings. The standard InChI is InChI=1S/C33H70N8/c1-6-8-9-12-32(16-21-35-4)14-15-33(13-10-19-37-24-25-38-20-11-18-34-3)17-30-41(29-7-2)31-28-40-27-26-39-23-22-36-5/h12-13,18,35-40H,6-11,14-17,19-31H2,1-5H3/b32-12-,33-13+,34-18+. The van der Waals surface area contributed by atoms with Gasteiger partial charge in [-0.25, -0.2) is 0 Å². The third-order valence-electron chi connectivity index (χ3n) is 7.24. The number of hydrogen-bond donors (Lipinski definition) is 6. The Morgan fingerprint density at radius 1 is 0.561 bits per heavy atom. The maximum atomic E-state index is 4.03. The molecule has 41 heavy (non-hydrogen) atoms. The second-order valence-electron chi connectivity index (χ2n) is 10.9. The van der Waals surface area contributed by atoms with E-state index >= 15 is 0 Å². The number of aliphatic imine (C=N–C) groups is 1. The highest BCUT2D eigenvalue weighted by molar-refractivity contribution is 5.56. The largest absolute Gasteiger partial charge is 0.319 e. The Morgan fingerprint density at radius 3 is 1.78 bits per heavy atom. The Hall–Kier alpha value is -1.13. The van der Waals surface area contributed by atoms with E-state index in [0.717, 1.165) is 91.4 Å². The van der Waals surface area contributed by atoms with Gasteiger partial charge in [0.2, 0.25) is 0 Å². The van der Waals surface area contributed by atoms with Crippen molar-refractivity contribution in [1.82, 2.24) is 36.8 Å². The fourth-order valence-corrected chi connectivity index (χ4v) is 4.71. The molecule has 0 aliphatic rings. The molecule has 6 N–H and O–H groups in total. The van der Waals surface area contributed by atoms with E-state index in [1.54, 1.807) is 11.1 Å². The van der Waals surface area contributed by atoms with Crippen LogP contribution < -0.4 is 31.9 Å². The van der Waals surface area contributed by atoms with Crippen molar-refractivity contribution in [2.45, 2.75) is 78.1 Å². The van der Waals surface area contributed by atoms with Crippen LogP contribution in [0.15, 0.2) is 28.3 Å². The van der Waals surface area contributed by atoms with Gasteiger partial charge in [0, 0.05) is 72.5 Å². The van der Waals surface area contributed by atoms with Crippen LogP contribution in [-0.2, 0) is 0 Å². The molecule has 0 heterocycles. The van der Waals surface area contributed by atoms with Gasteiger partial charge in [-0.2, -0.15) is 0 Å². The summed E-state index contributed by atoms with van der Waals surface area (Å²) in [5.74, 6) is 0. The monoisotopic (exact) mass is 579 g/mol. The second-order valence-corrected chi connectivity index (χ2v) is 10.9. The van der Waals surface area contributed by atoms with Crippen LogP contribution in [0.1, 0.15) is 78.1 Å². The van der Waals surface area contributed by atoms with Crippen LogP contribution in [0.4, 0.5) is 0 Å². The molecule has 0 atom stereocenters. The molecular weight excluding hydrogens is 508 g/mol. The van der Waals surface area contributed by atoms with E-state index in [2.05, 4.69) is 74.8 Å². The Labute approximate surface area is 255 Å². The molecule has 8 nitrogen and oxygen atoms in total.